The van der Waals surface area contributed by atoms with Gasteiger partial charge in [0, 0.05) is 6.07 Å². The normalized spacial score (nSPS) is 12.7. The van der Waals surface area contributed by atoms with Crippen molar-refractivity contribution in [2.45, 2.75) is 12.2 Å². The summed E-state index contributed by atoms with van der Waals surface area (Å²) >= 11 is 0. The summed E-state index contributed by atoms with van der Waals surface area (Å²) < 4.78 is 39.3. The van der Waals surface area contributed by atoms with E-state index in [0.29, 0.717) is 0 Å². The lowest BCUT2D eigenvalue weighted by Gasteiger charge is -2.22. The van der Waals surface area contributed by atoms with Crippen LogP contribution in [-0.4, -0.2) is 16.1 Å². The van der Waals surface area contributed by atoms with Crippen LogP contribution in [0.3, 0.4) is 0 Å². The Morgan fingerprint density at radius 2 is 1.81 bits per heavy atom. The molecule has 0 aliphatic heterocycles. The third-order valence-corrected chi connectivity index (χ3v) is 2.71. The Morgan fingerprint density at radius 3 is 2.29 bits per heavy atom. The van der Waals surface area contributed by atoms with Crippen molar-refractivity contribution in [3.8, 4) is 0 Å². The Balaban J connectivity index is 2.26. The molecule has 0 amide bonds. The van der Waals surface area contributed by atoms with Crippen LogP contribution in [0.25, 0.3) is 0 Å². The van der Waals surface area contributed by atoms with Crippen LogP contribution in [0.4, 0.5) is 24.7 Å². The molecule has 0 saturated heterocycles. The van der Waals surface area contributed by atoms with Gasteiger partial charge < -0.3 is 5.32 Å². The maximum atomic E-state index is 13.1. The van der Waals surface area contributed by atoms with E-state index in [1.54, 1.807) is 6.07 Å². The van der Waals surface area contributed by atoms with Gasteiger partial charge in [0.15, 0.2) is 0 Å². The molecule has 1 atom stereocenters. The van der Waals surface area contributed by atoms with Crippen LogP contribution in [0.1, 0.15) is 11.6 Å². The summed E-state index contributed by atoms with van der Waals surface area (Å²) in [7, 11) is 0. The van der Waals surface area contributed by atoms with E-state index >= 15 is 0 Å². The van der Waals surface area contributed by atoms with Crippen LogP contribution >= 0.6 is 0 Å². The van der Waals surface area contributed by atoms with E-state index < -0.39 is 17.1 Å². The van der Waals surface area contributed by atoms with Gasteiger partial charge in [0.25, 0.3) is 5.69 Å². The number of rotatable bonds is 4. The lowest BCUT2D eigenvalue weighted by molar-refractivity contribution is -0.385. The molecule has 5 nitrogen and oxygen atoms in total. The van der Waals surface area contributed by atoms with Crippen LogP contribution < -0.4 is 5.32 Å². The van der Waals surface area contributed by atoms with Crippen molar-refractivity contribution in [2.24, 2.45) is 0 Å². The number of nitrogens with zero attached hydrogens (tertiary/aromatic N) is 2. The Hall–Kier alpha value is -2.64. The van der Waals surface area contributed by atoms with Crippen molar-refractivity contribution in [2.75, 3.05) is 5.32 Å². The van der Waals surface area contributed by atoms with E-state index in [-0.39, 0.29) is 17.1 Å². The smallest absolute Gasteiger partial charge is 0.355 e. The zero-order chi connectivity index (χ0) is 15.5. The van der Waals surface area contributed by atoms with Gasteiger partial charge >= 0.3 is 6.18 Å². The number of nitrogens with one attached hydrogen (secondary N) is 1. The van der Waals surface area contributed by atoms with Gasteiger partial charge in [-0.3, -0.25) is 10.1 Å². The first-order valence-electron chi connectivity index (χ1n) is 5.86. The van der Waals surface area contributed by atoms with E-state index in [2.05, 4.69) is 10.3 Å². The molecule has 0 bridgehead atoms. The number of nitro groups is 1. The maximum absolute atomic E-state index is 13.1. The number of alkyl halides is 3. The molecule has 1 aromatic heterocycles. The zero-order valence-electron chi connectivity index (χ0n) is 10.5. The summed E-state index contributed by atoms with van der Waals surface area (Å²) in [6.07, 6.45) is -3.62. The minimum Gasteiger partial charge on any atom is -0.355 e. The number of pyridine rings is 1. The fourth-order valence-electron chi connectivity index (χ4n) is 1.73. The van der Waals surface area contributed by atoms with Gasteiger partial charge in [0.1, 0.15) is 18.1 Å². The minimum absolute atomic E-state index is 0.0325. The highest BCUT2D eigenvalue weighted by atomic mass is 19.4. The molecule has 0 fully saturated rings. The average Bonchev–Trinajstić information content (AvgIpc) is 2.45. The summed E-state index contributed by atoms with van der Waals surface area (Å²) in [5.74, 6) is -0.0909. The van der Waals surface area contributed by atoms with E-state index in [1.807, 2.05) is 0 Å². The highest BCUT2D eigenvalue weighted by Crippen LogP contribution is 2.35. The number of halogens is 3. The molecule has 0 spiro atoms. The number of hydrogen-bond acceptors (Lipinski definition) is 4. The summed E-state index contributed by atoms with van der Waals surface area (Å²) in [5, 5.41) is 12.7. The third kappa shape index (κ3) is 3.68. The van der Waals surface area contributed by atoms with Gasteiger partial charge in [0.05, 0.1) is 4.92 Å². The highest BCUT2D eigenvalue weighted by molar-refractivity contribution is 5.43. The van der Waals surface area contributed by atoms with Crippen molar-refractivity contribution in [1.29, 1.82) is 0 Å². The molecule has 1 heterocycles. The number of aromatic nitrogens is 1. The van der Waals surface area contributed by atoms with Crippen LogP contribution in [-0.2, 0) is 0 Å². The molecule has 0 radical (unpaired) electrons. The van der Waals surface area contributed by atoms with Crippen molar-refractivity contribution in [3.05, 3.63) is 64.3 Å². The van der Waals surface area contributed by atoms with Crippen molar-refractivity contribution in [3.63, 3.8) is 0 Å². The van der Waals surface area contributed by atoms with E-state index in [1.165, 1.54) is 24.3 Å². The second-order valence-electron chi connectivity index (χ2n) is 4.19. The Bertz CT molecular complexity index is 615. The summed E-state index contributed by atoms with van der Waals surface area (Å²) in [5.41, 5.74) is -0.256. The third-order valence-electron chi connectivity index (χ3n) is 2.71. The number of anilines is 1. The standard InChI is InChI=1S/C13H10F3N3O2/c14-13(15,16)12(9-4-2-1-3-5-9)18-11-7-6-10(8-17-11)19(20)21/h1-8,12H,(H,17,18). The average molecular weight is 297 g/mol. The summed E-state index contributed by atoms with van der Waals surface area (Å²) in [4.78, 5) is 13.4. The van der Waals surface area contributed by atoms with Gasteiger partial charge in [-0.15, -0.1) is 0 Å². The largest absolute Gasteiger partial charge is 0.412 e. The predicted molar refractivity (Wildman–Crippen MR) is 69.8 cm³/mol. The molecule has 2 rings (SSSR count). The molecule has 0 aliphatic carbocycles. The lowest BCUT2D eigenvalue weighted by atomic mass is 10.1. The molecule has 0 aliphatic rings. The molecule has 21 heavy (non-hydrogen) atoms. The van der Waals surface area contributed by atoms with Crippen molar-refractivity contribution in [1.82, 2.24) is 4.98 Å². The first kappa shape index (κ1) is 14.8. The molecule has 0 saturated carbocycles. The Morgan fingerprint density at radius 1 is 1.14 bits per heavy atom. The van der Waals surface area contributed by atoms with Gasteiger partial charge in [-0.05, 0) is 11.6 Å². The molecule has 1 aromatic carbocycles. The van der Waals surface area contributed by atoms with Crippen LogP contribution in [0.2, 0.25) is 0 Å². The van der Waals surface area contributed by atoms with Crippen LogP contribution in [0.15, 0.2) is 48.7 Å². The monoisotopic (exact) mass is 297 g/mol. The first-order chi connectivity index (χ1) is 9.88. The highest BCUT2D eigenvalue weighted by Gasteiger charge is 2.41. The Labute approximate surface area is 117 Å². The second-order valence-corrected chi connectivity index (χ2v) is 4.19. The zero-order valence-corrected chi connectivity index (χ0v) is 10.5. The predicted octanol–water partition coefficient (Wildman–Crippen LogP) is 3.71. The minimum atomic E-state index is -4.52. The quantitative estimate of drug-likeness (QED) is 0.690. The summed E-state index contributed by atoms with van der Waals surface area (Å²) in [6, 6.07) is 7.59. The van der Waals surface area contributed by atoms with Crippen LogP contribution in [0, 0.1) is 10.1 Å². The lowest BCUT2D eigenvalue weighted by Crippen LogP contribution is -2.28. The van der Waals surface area contributed by atoms with E-state index in [0.717, 1.165) is 18.3 Å². The van der Waals surface area contributed by atoms with E-state index in [9.17, 15) is 23.3 Å². The maximum Gasteiger partial charge on any atom is 0.412 e. The fraction of sp³-hybridized carbons (Fsp3) is 0.154. The van der Waals surface area contributed by atoms with Gasteiger partial charge in [0.2, 0.25) is 0 Å². The SMILES string of the molecule is O=[N+]([O-])c1ccc(NC(c2ccccc2)C(F)(F)F)nc1. The molecular weight excluding hydrogens is 287 g/mol. The number of benzene rings is 1. The van der Waals surface area contributed by atoms with Crippen LogP contribution in [0.5, 0.6) is 0 Å². The van der Waals surface area contributed by atoms with Gasteiger partial charge in [-0.1, -0.05) is 30.3 Å². The van der Waals surface area contributed by atoms with E-state index in [4.69, 9.17) is 0 Å². The molecule has 2 aromatic rings. The van der Waals surface area contributed by atoms with Gasteiger partial charge in [-0.2, -0.15) is 13.2 Å². The topological polar surface area (TPSA) is 68.1 Å². The Kier molecular flexibility index (Phi) is 4.06. The molecule has 1 unspecified atom stereocenters. The molecule has 8 heteroatoms. The summed E-state index contributed by atoms with van der Waals surface area (Å²) in [6.45, 7) is 0. The van der Waals surface area contributed by atoms with Gasteiger partial charge in [-0.25, -0.2) is 4.98 Å². The van der Waals surface area contributed by atoms with Crippen molar-refractivity contribution >= 4 is 11.5 Å². The molecular formula is C13H10F3N3O2. The van der Waals surface area contributed by atoms with Crippen molar-refractivity contribution < 1.29 is 18.1 Å². The molecule has 110 valence electrons. The first-order valence-corrected chi connectivity index (χ1v) is 5.86. The molecule has 1 N–H and O–H groups in total. The fourth-order valence-corrected chi connectivity index (χ4v) is 1.73. The second kappa shape index (κ2) is 5.78. The number of hydrogen-bond donors (Lipinski definition) is 1.